The Morgan fingerprint density at radius 2 is 1.69 bits per heavy atom. The highest BCUT2D eigenvalue weighted by Gasteiger charge is 2.30. The lowest BCUT2D eigenvalue weighted by Crippen LogP contribution is -2.15. The summed E-state index contributed by atoms with van der Waals surface area (Å²) in [6.45, 7) is 2.08. The molecule has 0 radical (unpaired) electrons. The number of aryl methyl sites for hydroxylation is 1. The Morgan fingerprint density at radius 1 is 0.917 bits per heavy atom. The van der Waals surface area contributed by atoms with E-state index in [0.717, 1.165) is 33.1 Å². The van der Waals surface area contributed by atoms with Gasteiger partial charge in [0.1, 0.15) is 11.5 Å². The smallest absolute Gasteiger partial charge is 0.185 e. The first-order chi connectivity index (χ1) is 17.6. The molecule has 3 aromatic carbocycles. The van der Waals surface area contributed by atoms with Crippen molar-refractivity contribution in [1.82, 2.24) is 0 Å². The van der Waals surface area contributed by atoms with Crippen molar-refractivity contribution in [2.45, 2.75) is 12.8 Å². The molecule has 5 rings (SSSR count). The van der Waals surface area contributed by atoms with Crippen molar-refractivity contribution < 1.29 is 19.0 Å². The van der Waals surface area contributed by atoms with E-state index in [2.05, 4.69) is 37.3 Å². The molecular weight excluding hydrogens is 468 g/mol. The fourth-order valence-corrected chi connectivity index (χ4v) is 5.15. The molecule has 1 aromatic heterocycles. The zero-order chi connectivity index (χ0) is 25.1. The van der Waals surface area contributed by atoms with Crippen LogP contribution in [0.15, 0.2) is 102 Å². The Labute approximate surface area is 215 Å². The first-order valence-corrected chi connectivity index (χ1v) is 12.5. The molecule has 0 fully saturated rings. The third kappa shape index (κ3) is 4.58. The topological polar surface area (TPSA) is 44.8 Å². The maximum Gasteiger partial charge on any atom is 0.185 e. The lowest BCUT2D eigenvalue weighted by Gasteiger charge is -2.30. The lowest BCUT2D eigenvalue weighted by atomic mass is 9.81. The molecular formula is C31H26O4S. The van der Waals surface area contributed by atoms with E-state index in [1.165, 1.54) is 5.56 Å². The summed E-state index contributed by atoms with van der Waals surface area (Å²) in [5.74, 6) is 2.48. The number of carbonyl (C=O) groups is 1. The monoisotopic (exact) mass is 494 g/mol. The fourth-order valence-electron chi connectivity index (χ4n) is 4.42. The summed E-state index contributed by atoms with van der Waals surface area (Å²) in [6.07, 6.45) is 3.51. The molecule has 2 heterocycles. The standard InChI is InChI=1S/C31H26O4S/c1-20-10-12-21(13-11-20)30-23-7-4-5-8-26(23)35-31(29-9-6-18-36-29)24(30)15-16-25(32)22-14-17-27(33-2)28(19-22)34-3/h4-19,30H,1-3H3/b16-15+. The second-order valence-corrected chi connectivity index (χ2v) is 9.46. The van der Waals surface area contributed by atoms with E-state index in [4.69, 9.17) is 14.2 Å². The van der Waals surface area contributed by atoms with Gasteiger partial charge >= 0.3 is 0 Å². The second-order valence-electron chi connectivity index (χ2n) is 8.51. The van der Waals surface area contributed by atoms with Crippen LogP contribution in [-0.2, 0) is 0 Å². The molecule has 0 N–H and O–H groups in total. The minimum atomic E-state index is -0.129. The Kier molecular flexibility index (Phi) is 6.74. The Balaban J connectivity index is 1.62. The molecule has 1 atom stereocenters. The molecule has 5 heteroatoms. The normalized spacial score (nSPS) is 14.9. The van der Waals surface area contributed by atoms with Crippen LogP contribution in [0.1, 0.15) is 37.8 Å². The molecule has 0 aliphatic carbocycles. The lowest BCUT2D eigenvalue weighted by molar-refractivity contribution is 0.104. The average molecular weight is 495 g/mol. The first kappa shape index (κ1) is 23.6. The van der Waals surface area contributed by atoms with Crippen LogP contribution in [0.3, 0.4) is 0 Å². The van der Waals surface area contributed by atoms with Crippen LogP contribution in [0.25, 0.3) is 5.76 Å². The molecule has 4 nitrogen and oxygen atoms in total. The number of ether oxygens (including phenoxy) is 3. The van der Waals surface area contributed by atoms with Gasteiger partial charge in [-0.15, -0.1) is 11.3 Å². The average Bonchev–Trinajstić information content (AvgIpc) is 3.46. The van der Waals surface area contributed by atoms with E-state index in [1.54, 1.807) is 49.8 Å². The molecule has 0 spiro atoms. The van der Waals surface area contributed by atoms with Crippen LogP contribution in [0, 0.1) is 6.92 Å². The number of carbonyl (C=O) groups excluding carboxylic acids is 1. The fraction of sp³-hybridized carbons (Fsp3) is 0.129. The molecule has 1 aliphatic heterocycles. The van der Waals surface area contributed by atoms with Crippen LogP contribution in [-0.4, -0.2) is 20.0 Å². The number of methoxy groups -OCH3 is 2. The van der Waals surface area contributed by atoms with Gasteiger partial charge in [-0.05, 0) is 54.3 Å². The maximum atomic E-state index is 13.2. The Morgan fingerprint density at radius 3 is 2.42 bits per heavy atom. The summed E-state index contributed by atoms with van der Waals surface area (Å²) in [4.78, 5) is 14.3. The number of allylic oxidation sites excluding steroid dienone is 3. The maximum absolute atomic E-state index is 13.2. The predicted octanol–water partition coefficient (Wildman–Crippen LogP) is 7.45. The number of thiophene rings is 1. The van der Waals surface area contributed by atoms with Crippen LogP contribution < -0.4 is 14.2 Å². The van der Waals surface area contributed by atoms with Crippen molar-refractivity contribution in [2.75, 3.05) is 14.2 Å². The highest BCUT2D eigenvalue weighted by Crippen LogP contribution is 2.46. The van der Waals surface area contributed by atoms with E-state index in [1.807, 2.05) is 41.8 Å². The number of ketones is 1. The number of hydrogen-bond donors (Lipinski definition) is 0. The van der Waals surface area contributed by atoms with E-state index >= 15 is 0 Å². The summed E-state index contributed by atoms with van der Waals surface area (Å²) in [5.41, 5.74) is 4.87. The molecule has 1 unspecified atom stereocenters. The molecule has 1 aliphatic rings. The van der Waals surface area contributed by atoms with Gasteiger partial charge in [-0.25, -0.2) is 0 Å². The Bertz CT molecular complexity index is 1450. The summed E-state index contributed by atoms with van der Waals surface area (Å²) in [7, 11) is 3.13. The van der Waals surface area contributed by atoms with Crippen molar-refractivity contribution in [1.29, 1.82) is 0 Å². The molecule has 0 amide bonds. The van der Waals surface area contributed by atoms with Crippen LogP contribution in [0.5, 0.6) is 17.2 Å². The number of benzene rings is 3. The van der Waals surface area contributed by atoms with Gasteiger partial charge in [-0.2, -0.15) is 0 Å². The Hall–Kier alpha value is -4.09. The van der Waals surface area contributed by atoms with Crippen LogP contribution in [0.4, 0.5) is 0 Å². The molecule has 0 saturated carbocycles. The minimum absolute atomic E-state index is 0.0814. The molecule has 36 heavy (non-hydrogen) atoms. The SMILES string of the molecule is COc1ccc(C(=O)/C=C/C2=C(c3cccs3)Oc3ccccc3C2c2ccc(C)cc2)cc1OC. The number of fused-ring (bicyclic) bond motifs is 1. The largest absolute Gasteiger partial charge is 0.493 e. The minimum Gasteiger partial charge on any atom is -0.493 e. The molecule has 4 aromatic rings. The van der Waals surface area contributed by atoms with Gasteiger partial charge in [0.15, 0.2) is 17.3 Å². The second kappa shape index (κ2) is 10.3. The van der Waals surface area contributed by atoms with Gasteiger partial charge in [0.25, 0.3) is 0 Å². The van der Waals surface area contributed by atoms with E-state index in [0.29, 0.717) is 17.1 Å². The van der Waals surface area contributed by atoms with Crippen molar-refractivity contribution in [3.8, 4) is 17.2 Å². The van der Waals surface area contributed by atoms with E-state index < -0.39 is 0 Å². The third-order valence-electron chi connectivity index (χ3n) is 6.25. The van der Waals surface area contributed by atoms with E-state index in [9.17, 15) is 4.79 Å². The van der Waals surface area contributed by atoms with Crippen LogP contribution in [0.2, 0.25) is 0 Å². The van der Waals surface area contributed by atoms with Gasteiger partial charge < -0.3 is 14.2 Å². The number of hydrogen-bond acceptors (Lipinski definition) is 5. The van der Waals surface area contributed by atoms with Gasteiger partial charge in [-0.1, -0.05) is 60.2 Å². The summed E-state index contributed by atoms with van der Waals surface area (Å²) < 4.78 is 17.2. The van der Waals surface area contributed by atoms with Crippen molar-refractivity contribution in [3.05, 3.63) is 129 Å². The molecule has 0 saturated heterocycles. The van der Waals surface area contributed by atoms with E-state index in [-0.39, 0.29) is 11.7 Å². The predicted molar refractivity (Wildman–Crippen MR) is 144 cm³/mol. The van der Waals surface area contributed by atoms with Crippen molar-refractivity contribution in [2.24, 2.45) is 0 Å². The number of para-hydroxylation sites is 1. The molecule has 180 valence electrons. The molecule has 0 bridgehead atoms. The highest BCUT2D eigenvalue weighted by molar-refractivity contribution is 7.11. The zero-order valence-corrected chi connectivity index (χ0v) is 21.2. The number of rotatable bonds is 7. The van der Waals surface area contributed by atoms with Crippen molar-refractivity contribution >= 4 is 22.9 Å². The van der Waals surface area contributed by atoms with Gasteiger partial charge in [0, 0.05) is 22.6 Å². The van der Waals surface area contributed by atoms with Gasteiger partial charge in [0.05, 0.1) is 19.1 Å². The van der Waals surface area contributed by atoms with Gasteiger partial charge in [-0.3, -0.25) is 4.79 Å². The zero-order valence-electron chi connectivity index (χ0n) is 20.4. The summed E-state index contributed by atoms with van der Waals surface area (Å²) in [5, 5.41) is 2.03. The first-order valence-electron chi connectivity index (χ1n) is 11.6. The third-order valence-corrected chi connectivity index (χ3v) is 7.12. The summed E-state index contributed by atoms with van der Waals surface area (Å²) >= 11 is 1.62. The van der Waals surface area contributed by atoms with Crippen LogP contribution >= 0.6 is 11.3 Å². The highest BCUT2D eigenvalue weighted by atomic mass is 32.1. The van der Waals surface area contributed by atoms with Gasteiger partial charge in [0.2, 0.25) is 0 Å². The quantitative estimate of drug-likeness (QED) is 0.198. The summed E-state index contributed by atoms with van der Waals surface area (Å²) in [6, 6.07) is 25.9. The van der Waals surface area contributed by atoms with Crippen molar-refractivity contribution in [3.63, 3.8) is 0 Å².